The summed E-state index contributed by atoms with van der Waals surface area (Å²) in [5.74, 6) is 3.03. The Hall–Kier alpha value is -1.54. The highest BCUT2D eigenvalue weighted by Gasteiger charge is 2.51. The van der Waals surface area contributed by atoms with Crippen molar-refractivity contribution in [1.82, 2.24) is 9.80 Å². The lowest BCUT2D eigenvalue weighted by atomic mass is 9.84. The van der Waals surface area contributed by atoms with Gasteiger partial charge in [0, 0.05) is 13.1 Å². The molecule has 5 heteroatoms. The fourth-order valence-corrected chi connectivity index (χ4v) is 2.66. The van der Waals surface area contributed by atoms with E-state index in [1.807, 2.05) is 6.92 Å². The number of carbonyl (C=O) groups is 1. The first kappa shape index (κ1) is 11.9. The van der Waals surface area contributed by atoms with Crippen LogP contribution in [0.5, 0.6) is 0 Å². The molecule has 2 rings (SSSR count). The molecule has 0 aliphatic carbocycles. The minimum Gasteiger partial charge on any atom is -0.385 e. The number of rotatable bonds is 1. The number of aliphatic imine (C=N–C) groups is 1. The van der Waals surface area contributed by atoms with Gasteiger partial charge in [-0.25, -0.2) is 4.79 Å². The lowest BCUT2D eigenvalue weighted by molar-refractivity contribution is 0.102. The summed E-state index contributed by atoms with van der Waals surface area (Å²) in [6.45, 7) is 3.64. The molecule has 1 saturated heterocycles. The Labute approximate surface area is 102 Å². The summed E-state index contributed by atoms with van der Waals surface area (Å²) in [5.41, 5.74) is 5.51. The second kappa shape index (κ2) is 4.04. The second-order valence-electron chi connectivity index (χ2n) is 4.83. The van der Waals surface area contributed by atoms with E-state index in [1.165, 1.54) is 0 Å². The van der Waals surface area contributed by atoms with Crippen molar-refractivity contribution in [2.24, 2.45) is 10.7 Å². The molecule has 2 amide bonds. The van der Waals surface area contributed by atoms with Crippen LogP contribution in [-0.2, 0) is 0 Å². The number of nitrogens with zero attached hydrogens (tertiary/aromatic N) is 3. The summed E-state index contributed by atoms with van der Waals surface area (Å²) >= 11 is 0. The summed E-state index contributed by atoms with van der Waals surface area (Å²) in [7, 11) is 2.06. The molecule has 2 heterocycles. The molecule has 0 aromatic heterocycles. The van der Waals surface area contributed by atoms with Gasteiger partial charge in [0.05, 0.1) is 6.04 Å². The predicted octanol–water partition coefficient (Wildman–Crippen LogP) is 0.265. The summed E-state index contributed by atoms with van der Waals surface area (Å²) in [4.78, 5) is 19.7. The van der Waals surface area contributed by atoms with Gasteiger partial charge in [-0.3, -0.25) is 4.90 Å². The Morgan fingerprint density at radius 1 is 1.53 bits per heavy atom. The summed E-state index contributed by atoms with van der Waals surface area (Å²) in [6.07, 6.45) is 7.04. The van der Waals surface area contributed by atoms with Gasteiger partial charge < -0.3 is 10.6 Å². The van der Waals surface area contributed by atoms with Crippen LogP contribution >= 0.6 is 0 Å². The molecule has 1 atom stereocenters. The highest BCUT2D eigenvalue weighted by Crippen LogP contribution is 2.35. The third kappa shape index (κ3) is 1.69. The maximum absolute atomic E-state index is 11.9. The zero-order valence-electron chi connectivity index (χ0n) is 10.3. The molecule has 0 radical (unpaired) electrons. The zero-order valence-corrected chi connectivity index (χ0v) is 10.3. The second-order valence-corrected chi connectivity index (χ2v) is 4.83. The van der Waals surface area contributed by atoms with Crippen LogP contribution in [0.4, 0.5) is 4.79 Å². The van der Waals surface area contributed by atoms with Gasteiger partial charge in [-0.05, 0) is 26.8 Å². The van der Waals surface area contributed by atoms with E-state index < -0.39 is 5.54 Å². The summed E-state index contributed by atoms with van der Waals surface area (Å²) in [6, 6.07) is -0.562. The molecular weight excluding hydrogens is 216 g/mol. The normalized spacial score (nSPS) is 25.8. The number of nitrogens with two attached hydrogens (primary N) is 1. The van der Waals surface area contributed by atoms with Crippen LogP contribution in [0.1, 0.15) is 19.8 Å². The largest absolute Gasteiger partial charge is 0.385 e. The molecule has 0 saturated carbocycles. The quantitative estimate of drug-likeness (QED) is 0.662. The topological polar surface area (TPSA) is 61.9 Å². The average Bonchev–Trinajstić information content (AvgIpc) is 2.54. The predicted molar refractivity (Wildman–Crippen MR) is 66.6 cm³/mol. The highest BCUT2D eigenvalue weighted by molar-refractivity contribution is 6.06. The van der Waals surface area contributed by atoms with Gasteiger partial charge in [0.2, 0.25) is 0 Å². The fourth-order valence-electron chi connectivity index (χ4n) is 2.66. The molecule has 0 aromatic rings. The summed E-state index contributed by atoms with van der Waals surface area (Å²) < 4.78 is 0. The Morgan fingerprint density at radius 3 is 2.65 bits per heavy atom. The first-order valence-corrected chi connectivity index (χ1v) is 5.84. The monoisotopic (exact) mass is 234 g/mol. The smallest absolute Gasteiger partial charge is 0.347 e. The van der Waals surface area contributed by atoms with Crippen molar-refractivity contribution in [3.05, 3.63) is 0 Å². The minimum atomic E-state index is -0.449. The average molecular weight is 234 g/mol. The standard InChI is InChI=1S/C12H18N4O/c1-4-9(2)16-11(17)14-10(13)12(16)5-7-15(3)8-6-12/h1,9H,5-8H2,2-3H3,(H2,13,14,17). The SMILES string of the molecule is C#CC(C)N1C(=O)N=C(N)C12CCN(C)CC2. The number of piperidine rings is 1. The van der Waals surface area contributed by atoms with Gasteiger partial charge >= 0.3 is 6.03 Å². The number of amidine groups is 1. The maximum Gasteiger partial charge on any atom is 0.347 e. The number of carbonyl (C=O) groups excluding carboxylic acids is 1. The molecule has 2 aliphatic heterocycles. The molecule has 2 aliphatic rings. The van der Waals surface area contributed by atoms with Crippen molar-refractivity contribution in [3.63, 3.8) is 0 Å². The Kier molecular flexibility index (Phi) is 2.84. The molecule has 92 valence electrons. The van der Waals surface area contributed by atoms with E-state index in [0.717, 1.165) is 25.9 Å². The number of terminal acetylenes is 1. The fraction of sp³-hybridized carbons (Fsp3) is 0.667. The first-order valence-electron chi connectivity index (χ1n) is 5.84. The van der Waals surface area contributed by atoms with Crippen molar-refractivity contribution < 1.29 is 4.79 Å². The Balaban J connectivity index is 2.33. The van der Waals surface area contributed by atoms with Crippen molar-refractivity contribution in [3.8, 4) is 12.3 Å². The molecule has 1 fully saturated rings. The molecule has 1 unspecified atom stereocenters. The van der Waals surface area contributed by atoms with Crippen LogP contribution in [-0.4, -0.2) is 53.4 Å². The van der Waals surface area contributed by atoms with Crippen LogP contribution < -0.4 is 5.73 Å². The van der Waals surface area contributed by atoms with E-state index in [-0.39, 0.29) is 12.1 Å². The third-order valence-electron chi connectivity index (χ3n) is 3.80. The van der Waals surface area contributed by atoms with Crippen molar-refractivity contribution in [2.75, 3.05) is 20.1 Å². The van der Waals surface area contributed by atoms with Gasteiger partial charge in [-0.15, -0.1) is 6.42 Å². The molecule has 1 spiro atoms. The van der Waals surface area contributed by atoms with Gasteiger partial charge in [-0.1, -0.05) is 5.92 Å². The van der Waals surface area contributed by atoms with Crippen molar-refractivity contribution >= 4 is 11.9 Å². The number of hydrogen-bond donors (Lipinski definition) is 1. The molecule has 0 bridgehead atoms. The highest BCUT2D eigenvalue weighted by atomic mass is 16.2. The maximum atomic E-state index is 11.9. The number of amides is 2. The number of urea groups is 1. The molecular formula is C12H18N4O. The van der Waals surface area contributed by atoms with E-state index in [0.29, 0.717) is 5.84 Å². The van der Waals surface area contributed by atoms with Gasteiger partial charge in [0.15, 0.2) is 0 Å². The van der Waals surface area contributed by atoms with Gasteiger partial charge in [0.25, 0.3) is 0 Å². The first-order chi connectivity index (χ1) is 8.01. The minimum absolute atomic E-state index is 0.268. The van der Waals surface area contributed by atoms with Gasteiger partial charge in [-0.2, -0.15) is 4.99 Å². The van der Waals surface area contributed by atoms with Crippen LogP contribution in [0, 0.1) is 12.3 Å². The van der Waals surface area contributed by atoms with Gasteiger partial charge in [0.1, 0.15) is 11.4 Å². The third-order valence-corrected chi connectivity index (χ3v) is 3.80. The lowest BCUT2D eigenvalue weighted by Crippen LogP contribution is -2.61. The number of hydrogen-bond acceptors (Lipinski definition) is 3. The number of likely N-dealkylation sites (tertiary alicyclic amines) is 1. The van der Waals surface area contributed by atoms with E-state index in [9.17, 15) is 4.79 Å². The van der Waals surface area contributed by atoms with Crippen LogP contribution in [0.25, 0.3) is 0 Å². The van der Waals surface area contributed by atoms with Crippen molar-refractivity contribution in [1.29, 1.82) is 0 Å². The zero-order chi connectivity index (χ0) is 12.6. The Morgan fingerprint density at radius 2 is 2.12 bits per heavy atom. The van der Waals surface area contributed by atoms with Crippen LogP contribution in [0.15, 0.2) is 4.99 Å². The Bertz CT molecular complexity index is 401. The molecule has 0 aromatic carbocycles. The van der Waals surface area contributed by atoms with E-state index in [1.54, 1.807) is 4.90 Å². The van der Waals surface area contributed by atoms with Crippen LogP contribution in [0.3, 0.4) is 0 Å². The molecule has 17 heavy (non-hydrogen) atoms. The van der Waals surface area contributed by atoms with E-state index in [4.69, 9.17) is 12.2 Å². The molecule has 2 N–H and O–H groups in total. The molecule has 5 nitrogen and oxygen atoms in total. The van der Waals surface area contributed by atoms with Crippen LogP contribution in [0.2, 0.25) is 0 Å². The summed E-state index contributed by atoms with van der Waals surface area (Å²) in [5, 5.41) is 0. The van der Waals surface area contributed by atoms with E-state index in [2.05, 4.69) is 22.9 Å². The van der Waals surface area contributed by atoms with Crippen molar-refractivity contribution in [2.45, 2.75) is 31.3 Å². The lowest BCUT2D eigenvalue weighted by Gasteiger charge is -2.44. The van der Waals surface area contributed by atoms with E-state index >= 15 is 0 Å².